The van der Waals surface area contributed by atoms with E-state index in [1.807, 2.05) is 0 Å². The van der Waals surface area contributed by atoms with Gasteiger partial charge in [-0.1, -0.05) is 0 Å². The molecule has 1 heterocycles. The van der Waals surface area contributed by atoms with E-state index in [0.717, 1.165) is 0 Å². The lowest BCUT2D eigenvalue weighted by atomic mass is 10.3. The number of carbonyl (C=O) groups is 1. The molecule has 1 rings (SSSR count). The number of aryl methyl sites for hydroxylation is 1. The van der Waals surface area contributed by atoms with Crippen LogP contribution in [-0.2, 0) is 9.53 Å². The van der Waals surface area contributed by atoms with Gasteiger partial charge in [0.25, 0.3) is 5.88 Å². The Kier molecular flexibility index (Phi) is 3.76. The number of nitrogens with zero attached hydrogens (tertiary/aromatic N) is 2. The van der Waals surface area contributed by atoms with Crippen molar-refractivity contribution >= 4 is 11.7 Å². The molecule has 86 valence electrons. The SMILES string of the molecule is COC(=O)COc1ncc(C)cc1[N+](=O)[O-]. The molecule has 0 amide bonds. The third-order valence-electron chi connectivity index (χ3n) is 1.72. The first kappa shape index (κ1) is 11.9. The highest BCUT2D eigenvalue weighted by Gasteiger charge is 2.18. The van der Waals surface area contributed by atoms with E-state index in [1.54, 1.807) is 6.92 Å². The fraction of sp³-hybridized carbons (Fsp3) is 0.333. The van der Waals surface area contributed by atoms with E-state index in [2.05, 4.69) is 9.72 Å². The average molecular weight is 226 g/mol. The lowest BCUT2D eigenvalue weighted by Crippen LogP contribution is -2.14. The summed E-state index contributed by atoms with van der Waals surface area (Å²) in [6.07, 6.45) is 1.42. The van der Waals surface area contributed by atoms with Crippen molar-refractivity contribution in [2.75, 3.05) is 13.7 Å². The molecule has 7 nitrogen and oxygen atoms in total. The Morgan fingerprint density at radius 1 is 1.62 bits per heavy atom. The summed E-state index contributed by atoms with van der Waals surface area (Å²) < 4.78 is 9.21. The minimum atomic E-state index is -0.628. The van der Waals surface area contributed by atoms with Crippen LogP contribution in [0, 0.1) is 17.0 Å². The van der Waals surface area contributed by atoms with Gasteiger partial charge >= 0.3 is 11.7 Å². The Balaban J connectivity index is 2.87. The van der Waals surface area contributed by atoms with Gasteiger partial charge in [0.1, 0.15) is 0 Å². The molecule has 0 aliphatic rings. The zero-order valence-corrected chi connectivity index (χ0v) is 8.80. The van der Waals surface area contributed by atoms with E-state index in [9.17, 15) is 14.9 Å². The van der Waals surface area contributed by atoms with Crippen LogP contribution in [0.5, 0.6) is 5.88 Å². The van der Waals surface area contributed by atoms with Crippen LogP contribution in [0.3, 0.4) is 0 Å². The summed E-state index contributed by atoms with van der Waals surface area (Å²) in [5.41, 5.74) is 0.362. The largest absolute Gasteiger partial charge is 0.466 e. The van der Waals surface area contributed by atoms with Crippen LogP contribution >= 0.6 is 0 Å². The van der Waals surface area contributed by atoms with E-state index >= 15 is 0 Å². The average Bonchev–Trinajstić information content (AvgIpc) is 2.26. The first-order valence-corrected chi connectivity index (χ1v) is 4.35. The van der Waals surface area contributed by atoms with E-state index in [4.69, 9.17) is 4.74 Å². The zero-order valence-electron chi connectivity index (χ0n) is 8.80. The van der Waals surface area contributed by atoms with Gasteiger partial charge in [-0.3, -0.25) is 10.1 Å². The second-order valence-corrected chi connectivity index (χ2v) is 2.96. The lowest BCUT2D eigenvalue weighted by molar-refractivity contribution is -0.386. The highest BCUT2D eigenvalue weighted by molar-refractivity contribution is 5.71. The number of aromatic nitrogens is 1. The number of ether oxygens (including phenoxy) is 2. The number of esters is 1. The molecule has 16 heavy (non-hydrogen) atoms. The Morgan fingerprint density at radius 2 is 2.31 bits per heavy atom. The standard InChI is InChI=1S/C9H10N2O5/c1-6-3-7(11(13)14)9(10-4-6)16-5-8(12)15-2/h3-4H,5H2,1-2H3. The first-order valence-electron chi connectivity index (χ1n) is 4.35. The number of hydrogen-bond donors (Lipinski definition) is 0. The van der Waals surface area contributed by atoms with Crippen molar-refractivity contribution in [1.29, 1.82) is 0 Å². The zero-order chi connectivity index (χ0) is 12.1. The van der Waals surface area contributed by atoms with Crippen molar-refractivity contribution in [3.63, 3.8) is 0 Å². The predicted octanol–water partition coefficient (Wildman–Crippen LogP) is 0.850. The van der Waals surface area contributed by atoms with Crippen molar-refractivity contribution in [3.8, 4) is 5.88 Å². The van der Waals surface area contributed by atoms with Crippen molar-refractivity contribution in [2.45, 2.75) is 6.92 Å². The van der Waals surface area contributed by atoms with Gasteiger partial charge in [0, 0.05) is 12.3 Å². The Bertz CT molecular complexity index is 418. The van der Waals surface area contributed by atoms with E-state index < -0.39 is 17.5 Å². The molecule has 0 N–H and O–H groups in total. The van der Waals surface area contributed by atoms with E-state index in [0.29, 0.717) is 5.56 Å². The highest BCUT2D eigenvalue weighted by atomic mass is 16.6. The molecular formula is C9H10N2O5. The van der Waals surface area contributed by atoms with Gasteiger partial charge in [-0.05, 0) is 12.5 Å². The molecular weight excluding hydrogens is 216 g/mol. The number of rotatable bonds is 4. The fourth-order valence-corrected chi connectivity index (χ4v) is 0.969. The summed E-state index contributed by atoms with van der Waals surface area (Å²) in [5, 5.41) is 10.7. The van der Waals surface area contributed by atoms with Crippen LogP contribution in [0.15, 0.2) is 12.3 Å². The van der Waals surface area contributed by atoms with E-state index in [-0.39, 0.29) is 11.6 Å². The van der Waals surface area contributed by atoms with Crippen LogP contribution in [0.25, 0.3) is 0 Å². The van der Waals surface area contributed by atoms with Gasteiger partial charge in [0.15, 0.2) is 6.61 Å². The Hall–Kier alpha value is -2.18. The van der Waals surface area contributed by atoms with Gasteiger partial charge < -0.3 is 9.47 Å². The lowest BCUT2D eigenvalue weighted by Gasteiger charge is -2.04. The van der Waals surface area contributed by atoms with Crippen LogP contribution in [-0.4, -0.2) is 29.6 Å². The summed E-state index contributed by atoms with van der Waals surface area (Å²) in [4.78, 5) is 24.6. The summed E-state index contributed by atoms with van der Waals surface area (Å²) in [5.74, 6) is -0.822. The maximum atomic E-state index is 10.8. The number of carbonyl (C=O) groups excluding carboxylic acids is 1. The molecule has 0 saturated heterocycles. The predicted molar refractivity (Wildman–Crippen MR) is 53.1 cm³/mol. The van der Waals surface area contributed by atoms with Crippen molar-refractivity contribution < 1.29 is 19.2 Å². The monoisotopic (exact) mass is 226 g/mol. The van der Waals surface area contributed by atoms with Gasteiger partial charge in [0.05, 0.1) is 12.0 Å². The summed E-state index contributed by atoms with van der Waals surface area (Å²) in [7, 11) is 1.20. The van der Waals surface area contributed by atoms with E-state index in [1.165, 1.54) is 19.4 Å². The van der Waals surface area contributed by atoms with Gasteiger partial charge in [0.2, 0.25) is 0 Å². The molecule has 0 atom stereocenters. The molecule has 0 saturated carbocycles. The van der Waals surface area contributed by atoms with Crippen LogP contribution in [0.1, 0.15) is 5.56 Å². The molecule has 0 radical (unpaired) electrons. The molecule has 0 aliphatic carbocycles. The fourth-order valence-electron chi connectivity index (χ4n) is 0.969. The quantitative estimate of drug-likeness (QED) is 0.429. The highest BCUT2D eigenvalue weighted by Crippen LogP contribution is 2.24. The third kappa shape index (κ3) is 2.91. The summed E-state index contributed by atoms with van der Waals surface area (Å²) in [6.45, 7) is 1.26. The van der Waals surface area contributed by atoms with Crippen LogP contribution in [0.2, 0.25) is 0 Å². The molecule has 1 aromatic heterocycles. The maximum absolute atomic E-state index is 10.8. The summed E-state index contributed by atoms with van der Waals surface area (Å²) >= 11 is 0. The van der Waals surface area contributed by atoms with Gasteiger partial charge in [-0.25, -0.2) is 9.78 Å². The Labute approximate surface area is 91.2 Å². The van der Waals surface area contributed by atoms with Gasteiger partial charge in [-0.15, -0.1) is 0 Å². The molecule has 0 spiro atoms. The summed E-state index contributed by atoms with van der Waals surface area (Å²) in [6, 6.07) is 1.32. The molecule has 0 aromatic carbocycles. The number of hydrogen-bond acceptors (Lipinski definition) is 6. The van der Waals surface area contributed by atoms with Crippen LogP contribution < -0.4 is 4.74 Å². The molecule has 0 fully saturated rings. The number of pyridine rings is 1. The van der Waals surface area contributed by atoms with Crippen molar-refractivity contribution in [1.82, 2.24) is 4.98 Å². The maximum Gasteiger partial charge on any atom is 0.343 e. The second-order valence-electron chi connectivity index (χ2n) is 2.96. The van der Waals surface area contributed by atoms with Crippen LogP contribution in [0.4, 0.5) is 5.69 Å². The van der Waals surface area contributed by atoms with Crippen molar-refractivity contribution in [3.05, 3.63) is 27.9 Å². The second kappa shape index (κ2) is 5.06. The number of methoxy groups -OCH3 is 1. The smallest absolute Gasteiger partial charge is 0.343 e. The molecule has 7 heteroatoms. The van der Waals surface area contributed by atoms with Gasteiger partial charge in [-0.2, -0.15) is 0 Å². The first-order chi connectivity index (χ1) is 7.54. The molecule has 0 aliphatic heterocycles. The molecule has 1 aromatic rings. The minimum absolute atomic E-state index is 0.194. The Morgan fingerprint density at radius 3 is 2.88 bits per heavy atom. The third-order valence-corrected chi connectivity index (χ3v) is 1.72. The normalized spacial score (nSPS) is 9.62. The topological polar surface area (TPSA) is 91.6 Å². The van der Waals surface area contributed by atoms with Crippen molar-refractivity contribution in [2.24, 2.45) is 0 Å². The number of nitro groups is 1. The molecule has 0 unspecified atom stereocenters. The molecule has 0 bridgehead atoms. The minimum Gasteiger partial charge on any atom is -0.466 e.